The summed E-state index contributed by atoms with van der Waals surface area (Å²) in [5.41, 5.74) is 2.92. The van der Waals surface area contributed by atoms with Crippen molar-refractivity contribution in [2.24, 2.45) is 5.92 Å². The number of aromatic amines is 1. The van der Waals surface area contributed by atoms with E-state index in [9.17, 15) is 9.90 Å². The van der Waals surface area contributed by atoms with E-state index in [0.29, 0.717) is 5.52 Å². The first-order chi connectivity index (χ1) is 9.11. The average Bonchev–Trinajstić information content (AvgIpc) is 3.10. The molecule has 1 fully saturated rings. The third-order valence-electron chi connectivity index (χ3n) is 3.59. The number of aromatic nitrogens is 3. The van der Waals surface area contributed by atoms with Crippen LogP contribution in [0.3, 0.4) is 0 Å². The number of nitrogens with one attached hydrogen (secondary N) is 1. The van der Waals surface area contributed by atoms with Gasteiger partial charge in [-0.3, -0.25) is 4.79 Å². The number of aryl methyl sites for hydroxylation is 1. The fourth-order valence-electron chi connectivity index (χ4n) is 2.49. The molecule has 3 rings (SSSR count). The third-order valence-corrected chi connectivity index (χ3v) is 3.59. The van der Waals surface area contributed by atoms with E-state index in [-0.39, 0.29) is 11.9 Å². The summed E-state index contributed by atoms with van der Waals surface area (Å²) >= 11 is 0. The molecule has 0 aromatic carbocycles. The van der Waals surface area contributed by atoms with Crippen molar-refractivity contribution < 1.29 is 14.6 Å². The smallest absolute Gasteiger partial charge is 0.317 e. The number of fused-ring (bicyclic) bond motifs is 1. The van der Waals surface area contributed by atoms with Crippen molar-refractivity contribution in [3.63, 3.8) is 0 Å². The Morgan fingerprint density at radius 3 is 2.84 bits per heavy atom. The summed E-state index contributed by atoms with van der Waals surface area (Å²) in [7, 11) is 1.50. The van der Waals surface area contributed by atoms with Crippen LogP contribution in [0.4, 0.5) is 0 Å². The van der Waals surface area contributed by atoms with Crippen molar-refractivity contribution in [1.82, 2.24) is 15.0 Å². The molecule has 100 valence electrons. The van der Waals surface area contributed by atoms with Crippen molar-refractivity contribution in [2.75, 3.05) is 7.11 Å². The van der Waals surface area contributed by atoms with Crippen molar-refractivity contribution in [3.8, 4) is 6.01 Å². The zero-order valence-corrected chi connectivity index (χ0v) is 10.8. The Hall–Kier alpha value is -2.11. The van der Waals surface area contributed by atoms with Crippen LogP contribution in [0.15, 0.2) is 6.20 Å². The van der Waals surface area contributed by atoms with Gasteiger partial charge in [-0.25, -0.2) is 0 Å². The second kappa shape index (κ2) is 4.22. The molecular formula is C13H15N3O3. The first-order valence-corrected chi connectivity index (χ1v) is 6.24. The zero-order chi connectivity index (χ0) is 13.6. The molecule has 0 spiro atoms. The lowest BCUT2D eigenvalue weighted by molar-refractivity contribution is -0.139. The molecule has 0 aliphatic heterocycles. The predicted molar refractivity (Wildman–Crippen MR) is 68.3 cm³/mol. The summed E-state index contributed by atoms with van der Waals surface area (Å²) in [6.07, 6.45) is 3.67. The van der Waals surface area contributed by atoms with Crippen LogP contribution in [0.1, 0.15) is 30.0 Å². The average molecular weight is 261 g/mol. The molecular weight excluding hydrogens is 246 g/mol. The van der Waals surface area contributed by atoms with Gasteiger partial charge < -0.3 is 14.8 Å². The fraction of sp³-hybridized carbons (Fsp3) is 0.462. The number of methoxy groups -OCH3 is 1. The van der Waals surface area contributed by atoms with Gasteiger partial charge in [0.1, 0.15) is 0 Å². The molecule has 0 saturated heterocycles. The van der Waals surface area contributed by atoms with E-state index in [0.717, 1.165) is 29.6 Å². The molecule has 1 aliphatic carbocycles. The number of ether oxygens (including phenoxy) is 1. The van der Waals surface area contributed by atoms with Crippen LogP contribution in [0.2, 0.25) is 0 Å². The van der Waals surface area contributed by atoms with Crippen LogP contribution in [-0.4, -0.2) is 33.1 Å². The summed E-state index contributed by atoms with van der Waals surface area (Å²) < 4.78 is 5.06. The largest absolute Gasteiger partial charge is 0.481 e. The molecule has 6 nitrogen and oxygen atoms in total. The maximum atomic E-state index is 11.5. The first kappa shape index (κ1) is 12.0. The van der Waals surface area contributed by atoms with Crippen molar-refractivity contribution >= 4 is 17.0 Å². The standard InChI is InChI=1S/C13H15N3O3/c1-6-10-11(16-13(15-6)19-2)8(5-14-10)9(12(17)18)7-3-4-7/h5,7,9,14H,3-4H2,1-2H3,(H,17,18). The summed E-state index contributed by atoms with van der Waals surface area (Å²) in [4.78, 5) is 23.0. The van der Waals surface area contributed by atoms with E-state index in [1.165, 1.54) is 7.11 Å². The molecule has 1 saturated carbocycles. The molecule has 6 heteroatoms. The van der Waals surface area contributed by atoms with Crippen LogP contribution in [0.5, 0.6) is 6.01 Å². The minimum absolute atomic E-state index is 0.220. The number of carboxylic acids is 1. The highest BCUT2D eigenvalue weighted by Gasteiger charge is 2.39. The van der Waals surface area contributed by atoms with Crippen LogP contribution in [0.25, 0.3) is 11.0 Å². The number of aliphatic carboxylic acids is 1. The van der Waals surface area contributed by atoms with Crippen LogP contribution >= 0.6 is 0 Å². The Morgan fingerprint density at radius 1 is 1.53 bits per heavy atom. The third kappa shape index (κ3) is 1.93. The van der Waals surface area contributed by atoms with Gasteiger partial charge in [-0.15, -0.1) is 0 Å². The SMILES string of the molecule is COc1nc(C)c2[nH]cc(C(C(=O)O)C3CC3)c2n1. The number of carboxylic acid groups (broad SMARTS) is 1. The summed E-state index contributed by atoms with van der Waals surface area (Å²) in [5, 5.41) is 9.42. The quantitative estimate of drug-likeness (QED) is 0.876. The van der Waals surface area contributed by atoms with Crippen LogP contribution in [-0.2, 0) is 4.79 Å². The van der Waals surface area contributed by atoms with Crippen molar-refractivity contribution in [2.45, 2.75) is 25.7 Å². The molecule has 0 bridgehead atoms. The lowest BCUT2D eigenvalue weighted by atomic mass is 9.96. The van der Waals surface area contributed by atoms with E-state index in [2.05, 4.69) is 15.0 Å². The van der Waals surface area contributed by atoms with Gasteiger partial charge in [-0.1, -0.05) is 0 Å². The molecule has 0 radical (unpaired) electrons. The highest BCUT2D eigenvalue weighted by atomic mass is 16.5. The molecule has 1 atom stereocenters. The minimum atomic E-state index is -0.793. The molecule has 2 N–H and O–H groups in total. The van der Waals surface area contributed by atoms with Gasteiger partial charge in [0.2, 0.25) is 0 Å². The molecule has 19 heavy (non-hydrogen) atoms. The first-order valence-electron chi connectivity index (χ1n) is 6.24. The zero-order valence-electron chi connectivity index (χ0n) is 10.8. The highest BCUT2D eigenvalue weighted by molar-refractivity contribution is 5.88. The number of hydrogen-bond donors (Lipinski definition) is 2. The number of rotatable bonds is 4. The van der Waals surface area contributed by atoms with Crippen LogP contribution in [0, 0.1) is 12.8 Å². The maximum Gasteiger partial charge on any atom is 0.317 e. The number of carbonyl (C=O) groups is 1. The second-order valence-corrected chi connectivity index (χ2v) is 4.92. The Bertz CT molecular complexity index is 646. The molecule has 1 aliphatic rings. The number of H-pyrrole nitrogens is 1. The Labute approximate surface area is 109 Å². The molecule has 1 unspecified atom stereocenters. The van der Waals surface area contributed by atoms with E-state index in [4.69, 9.17) is 4.74 Å². The van der Waals surface area contributed by atoms with Gasteiger partial charge in [0, 0.05) is 11.8 Å². The van der Waals surface area contributed by atoms with E-state index in [1.54, 1.807) is 6.20 Å². The normalized spacial score (nSPS) is 16.5. The summed E-state index contributed by atoms with van der Waals surface area (Å²) in [6.45, 7) is 1.85. The van der Waals surface area contributed by atoms with Crippen molar-refractivity contribution in [1.29, 1.82) is 0 Å². The summed E-state index contributed by atoms with van der Waals surface area (Å²) in [5.74, 6) is -1.07. The van der Waals surface area contributed by atoms with Gasteiger partial charge in [-0.05, 0) is 25.7 Å². The Balaban J connectivity index is 2.17. The van der Waals surface area contributed by atoms with Crippen LogP contribution < -0.4 is 4.74 Å². The molecule has 2 heterocycles. The minimum Gasteiger partial charge on any atom is -0.481 e. The number of hydrogen-bond acceptors (Lipinski definition) is 4. The Kier molecular flexibility index (Phi) is 2.66. The second-order valence-electron chi connectivity index (χ2n) is 4.92. The van der Waals surface area contributed by atoms with Gasteiger partial charge in [0.25, 0.3) is 0 Å². The Morgan fingerprint density at radius 2 is 2.26 bits per heavy atom. The van der Waals surface area contributed by atoms with Gasteiger partial charge >= 0.3 is 12.0 Å². The van der Waals surface area contributed by atoms with E-state index < -0.39 is 11.9 Å². The highest BCUT2D eigenvalue weighted by Crippen LogP contribution is 2.44. The van der Waals surface area contributed by atoms with E-state index in [1.807, 2.05) is 6.92 Å². The number of nitrogens with zero attached hydrogens (tertiary/aromatic N) is 2. The van der Waals surface area contributed by atoms with Gasteiger partial charge in [0.15, 0.2) is 0 Å². The molecule has 2 aromatic heterocycles. The molecule has 2 aromatic rings. The topological polar surface area (TPSA) is 88.1 Å². The van der Waals surface area contributed by atoms with Gasteiger partial charge in [0.05, 0.1) is 29.8 Å². The monoisotopic (exact) mass is 261 g/mol. The van der Waals surface area contributed by atoms with Gasteiger partial charge in [-0.2, -0.15) is 9.97 Å². The fourth-order valence-corrected chi connectivity index (χ4v) is 2.49. The lowest BCUT2D eigenvalue weighted by Gasteiger charge is -2.10. The summed E-state index contributed by atoms with van der Waals surface area (Å²) in [6, 6.07) is 0.269. The molecule has 0 amide bonds. The maximum absolute atomic E-state index is 11.5. The predicted octanol–water partition coefficient (Wildman–Crippen LogP) is 1.85. The lowest BCUT2D eigenvalue weighted by Crippen LogP contribution is -2.13. The van der Waals surface area contributed by atoms with Crippen molar-refractivity contribution in [3.05, 3.63) is 17.5 Å². The van der Waals surface area contributed by atoms with E-state index >= 15 is 0 Å².